The molecule has 1 aromatic rings. The minimum Gasteiger partial charge on any atom is -0.449 e. The fourth-order valence-corrected chi connectivity index (χ4v) is 2.15. The smallest absolute Gasteiger partial charge is 0.407 e. The molecule has 0 bridgehead atoms. The molecule has 1 saturated heterocycles. The highest BCUT2D eigenvalue weighted by Crippen LogP contribution is 2.37. The predicted molar refractivity (Wildman–Crippen MR) is 68.8 cm³/mol. The van der Waals surface area contributed by atoms with Gasteiger partial charge >= 0.3 is 12.1 Å². The van der Waals surface area contributed by atoms with E-state index in [-0.39, 0.29) is 17.4 Å². The highest BCUT2D eigenvalue weighted by Gasteiger charge is 2.37. The maximum atomic E-state index is 11.4. The SMILES string of the molecule is CC(=O)Oc1cccc([C@H]2NC(=O)OCC2(C)C)c1. The fraction of sp³-hybridized carbons (Fsp3) is 0.429. The van der Waals surface area contributed by atoms with Crippen molar-refractivity contribution in [3.63, 3.8) is 0 Å². The van der Waals surface area contributed by atoms with E-state index in [0.29, 0.717) is 12.4 Å². The molecule has 0 aliphatic carbocycles. The molecule has 0 saturated carbocycles. The molecule has 1 aliphatic heterocycles. The highest BCUT2D eigenvalue weighted by molar-refractivity contribution is 5.70. The molecule has 0 unspecified atom stereocenters. The minimum atomic E-state index is -0.429. The number of ether oxygens (including phenoxy) is 2. The number of hydrogen-bond acceptors (Lipinski definition) is 4. The summed E-state index contributed by atoms with van der Waals surface area (Å²) in [5.41, 5.74) is 0.656. The van der Waals surface area contributed by atoms with E-state index in [4.69, 9.17) is 9.47 Å². The third-order valence-corrected chi connectivity index (χ3v) is 3.07. The van der Waals surface area contributed by atoms with E-state index < -0.39 is 6.09 Å². The van der Waals surface area contributed by atoms with Gasteiger partial charge in [-0.15, -0.1) is 0 Å². The zero-order valence-corrected chi connectivity index (χ0v) is 11.2. The van der Waals surface area contributed by atoms with Crippen molar-refractivity contribution in [2.45, 2.75) is 26.8 Å². The van der Waals surface area contributed by atoms with Crippen LogP contribution in [0.15, 0.2) is 24.3 Å². The van der Waals surface area contributed by atoms with E-state index in [0.717, 1.165) is 5.56 Å². The van der Waals surface area contributed by atoms with Crippen LogP contribution in [-0.2, 0) is 9.53 Å². The van der Waals surface area contributed by atoms with E-state index in [9.17, 15) is 9.59 Å². The van der Waals surface area contributed by atoms with Crippen LogP contribution in [0, 0.1) is 5.41 Å². The molecule has 19 heavy (non-hydrogen) atoms. The van der Waals surface area contributed by atoms with Crippen LogP contribution in [0.25, 0.3) is 0 Å². The Balaban J connectivity index is 2.29. The maximum absolute atomic E-state index is 11.4. The average molecular weight is 263 g/mol. The molecule has 5 heteroatoms. The zero-order chi connectivity index (χ0) is 14.0. The summed E-state index contributed by atoms with van der Waals surface area (Å²) in [5.74, 6) is 0.106. The fourth-order valence-electron chi connectivity index (χ4n) is 2.15. The zero-order valence-electron chi connectivity index (χ0n) is 11.2. The monoisotopic (exact) mass is 263 g/mol. The molecule has 1 heterocycles. The van der Waals surface area contributed by atoms with Gasteiger partial charge in [0.05, 0.1) is 6.04 Å². The lowest BCUT2D eigenvalue weighted by atomic mass is 9.80. The Morgan fingerprint density at radius 3 is 2.89 bits per heavy atom. The standard InChI is InChI=1S/C14H17NO4/c1-9(16)19-11-6-4-5-10(7-11)12-14(2,3)8-18-13(17)15-12/h4-7,12H,8H2,1-3H3,(H,15,17)/t12-/m1/s1. The molecule has 1 fully saturated rings. The van der Waals surface area contributed by atoms with E-state index in [1.54, 1.807) is 18.2 Å². The first-order valence-corrected chi connectivity index (χ1v) is 6.10. The van der Waals surface area contributed by atoms with Crippen molar-refractivity contribution in [3.8, 4) is 5.75 Å². The Labute approximate surface area is 111 Å². The number of benzene rings is 1. The van der Waals surface area contributed by atoms with Gasteiger partial charge in [0, 0.05) is 12.3 Å². The van der Waals surface area contributed by atoms with Gasteiger partial charge in [0.15, 0.2) is 0 Å². The molecule has 1 aliphatic rings. The number of hydrogen-bond donors (Lipinski definition) is 1. The number of alkyl carbamates (subject to hydrolysis) is 1. The Bertz CT molecular complexity index is 510. The molecule has 1 N–H and O–H groups in total. The first-order valence-electron chi connectivity index (χ1n) is 6.10. The molecule has 1 aromatic carbocycles. The van der Waals surface area contributed by atoms with E-state index in [1.165, 1.54) is 6.92 Å². The Morgan fingerprint density at radius 1 is 1.47 bits per heavy atom. The van der Waals surface area contributed by atoms with Gasteiger partial charge in [-0.25, -0.2) is 4.79 Å². The molecule has 1 atom stereocenters. The topological polar surface area (TPSA) is 64.6 Å². The van der Waals surface area contributed by atoms with Crippen LogP contribution in [-0.4, -0.2) is 18.7 Å². The third kappa shape index (κ3) is 3.05. The lowest BCUT2D eigenvalue weighted by Crippen LogP contribution is -2.46. The Morgan fingerprint density at radius 2 is 2.21 bits per heavy atom. The van der Waals surface area contributed by atoms with Crippen molar-refractivity contribution < 1.29 is 19.1 Å². The van der Waals surface area contributed by atoms with Crippen molar-refractivity contribution in [2.75, 3.05) is 6.61 Å². The van der Waals surface area contributed by atoms with Crippen LogP contribution in [0.3, 0.4) is 0 Å². The van der Waals surface area contributed by atoms with Gasteiger partial charge in [-0.05, 0) is 17.7 Å². The summed E-state index contributed by atoms with van der Waals surface area (Å²) in [5, 5.41) is 2.80. The predicted octanol–water partition coefficient (Wildman–Crippen LogP) is 2.42. The number of cyclic esters (lactones) is 1. The second kappa shape index (κ2) is 4.91. The Kier molecular flexibility index (Phi) is 3.46. The van der Waals surface area contributed by atoms with E-state index in [1.807, 2.05) is 19.9 Å². The van der Waals surface area contributed by atoms with E-state index >= 15 is 0 Å². The molecular weight excluding hydrogens is 246 g/mol. The molecule has 1 amide bonds. The first kappa shape index (κ1) is 13.4. The molecule has 102 valence electrons. The molecule has 0 aromatic heterocycles. The summed E-state index contributed by atoms with van der Waals surface area (Å²) in [6.07, 6.45) is -0.429. The summed E-state index contributed by atoms with van der Waals surface area (Å²) < 4.78 is 10.1. The second-order valence-corrected chi connectivity index (χ2v) is 5.31. The number of esters is 1. The lowest BCUT2D eigenvalue weighted by Gasteiger charge is -2.38. The van der Waals surface area contributed by atoms with Gasteiger partial charge in [-0.2, -0.15) is 0 Å². The lowest BCUT2D eigenvalue weighted by molar-refractivity contribution is -0.131. The number of carbonyl (C=O) groups is 2. The van der Waals surface area contributed by atoms with Crippen LogP contribution < -0.4 is 10.1 Å². The van der Waals surface area contributed by atoms with Gasteiger partial charge in [0.25, 0.3) is 0 Å². The van der Waals surface area contributed by atoms with Gasteiger partial charge in [-0.3, -0.25) is 4.79 Å². The quantitative estimate of drug-likeness (QED) is 0.657. The summed E-state index contributed by atoms with van der Waals surface area (Å²) >= 11 is 0. The number of carbonyl (C=O) groups excluding carboxylic acids is 2. The van der Waals surface area contributed by atoms with Gasteiger partial charge in [-0.1, -0.05) is 26.0 Å². The summed E-state index contributed by atoms with van der Waals surface area (Å²) in [7, 11) is 0. The van der Waals surface area contributed by atoms with Crippen molar-refractivity contribution >= 4 is 12.1 Å². The number of amides is 1. The van der Waals surface area contributed by atoms with Crippen molar-refractivity contribution in [3.05, 3.63) is 29.8 Å². The van der Waals surface area contributed by atoms with Crippen molar-refractivity contribution in [2.24, 2.45) is 5.41 Å². The summed E-state index contributed by atoms with van der Waals surface area (Å²) in [6, 6.07) is 6.98. The summed E-state index contributed by atoms with van der Waals surface area (Å²) in [6.45, 7) is 5.72. The highest BCUT2D eigenvalue weighted by atomic mass is 16.6. The molecule has 5 nitrogen and oxygen atoms in total. The van der Waals surface area contributed by atoms with Gasteiger partial charge < -0.3 is 14.8 Å². The van der Waals surface area contributed by atoms with Crippen LogP contribution in [0.2, 0.25) is 0 Å². The van der Waals surface area contributed by atoms with Crippen molar-refractivity contribution in [1.82, 2.24) is 5.32 Å². The molecular formula is C14H17NO4. The second-order valence-electron chi connectivity index (χ2n) is 5.31. The van der Waals surface area contributed by atoms with Crippen LogP contribution >= 0.6 is 0 Å². The third-order valence-electron chi connectivity index (χ3n) is 3.07. The van der Waals surface area contributed by atoms with Crippen LogP contribution in [0.5, 0.6) is 5.75 Å². The summed E-state index contributed by atoms with van der Waals surface area (Å²) in [4.78, 5) is 22.3. The van der Waals surface area contributed by atoms with E-state index in [2.05, 4.69) is 5.32 Å². The maximum Gasteiger partial charge on any atom is 0.407 e. The van der Waals surface area contributed by atoms with Gasteiger partial charge in [0.2, 0.25) is 0 Å². The molecule has 0 spiro atoms. The largest absolute Gasteiger partial charge is 0.449 e. The van der Waals surface area contributed by atoms with Crippen LogP contribution in [0.4, 0.5) is 4.79 Å². The van der Waals surface area contributed by atoms with Crippen molar-refractivity contribution in [1.29, 1.82) is 0 Å². The molecule has 2 rings (SSSR count). The normalized spacial score (nSPS) is 21.2. The van der Waals surface area contributed by atoms with Gasteiger partial charge in [0.1, 0.15) is 12.4 Å². The minimum absolute atomic E-state index is 0.177. The average Bonchev–Trinajstić information content (AvgIpc) is 2.32. The number of rotatable bonds is 2. The number of nitrogens with one attached hydrogen (secondary N) is 1. The molecule has 0 radical (unpaired) electrons. The first-order chi connectivity index (χ1) is 8.88. The Hall–Kier alpha value is -2.04. The van der Waals surface area contributed by atoms with Crippen LogP contribution in [0.1, 0.15) is 32.4 Å².